The first kappa shape index (κ1) is 11.3. The van der Waals surface area contributed by atoms with Crippen molar-refractivity contribution in [2.45, 2.75) is 30.5 Å². The van der Waals surface area contributed by atoms with Crippen LogP contribution in [0.3, 0.4) is 0 Å². The van der Waals surface area contributed by atoms with Crippen molar-refractivity contribution in [3.63, 3.8) is 0 Å². The third kappa shape index (κ3) is 1.86. The highest BCUT2D eigenvalue weighted by atomic mass is 16.6. The van der Waals surface area contributed by atoms with Gasteiger partial charge < -0.3 is 30.3 Å². The molecule has 1 unspecified atom stereocenters. The summed E-state index contributed by atoms with van der Waals surface area (Å²) in [7, 11) is 0. The molecule has 1 saturated heterocycles. The van der Waals surface area contributed by atoms with Crippen molar-refractivity contribution in [2.24, 2.45) is 0 Å². The van der Waals surface area contributed by atoms with Crippen molar-refractivity contribution < 1.29 is 35.1 Å². The Hall–Kier alpha value is -0.730. The van der Waals surface area contributed by atoms with Crippen molar-refractivity contribution >= 4 is 5.97 Å². The van der Waals surface area contributed by atoms with Crippen LogP contribution < -0.4 is 0 Å². The van der Waals surface area contributed by atoms with E-state index in [-0.39, 0.29) is 0 Å². The summed E-state index contributed by atoms with van der Waals surface area (Å²) in [5, 5.41) is 44.9. The normalized spacial score (nSPS) is 43.6. The third-order valence-corrected chi connectivity index (χ3v) is 2.14. The Morgan fingerprint density at radius 2 is 1.71 bits per heavy atom. The van der Waals surface area contributed by atoms with Crippen molar-refractivity contribution in [1.29, 1.82) is 0 Å². The molecule has 0 aromatic rings. The number of hydrogen-bond donors (Lipinski definition) is 5. The average molecular weight is 208 g/mol. The topological polar surface area (TPSA) is 127 Å². The lowest BCUT2D eigenvalue weighted by Crippen LogP contribution is -2.60. The highest BCUT2D eigenvalue weighted by Gasteiger charge is 2.46. The van der Waals surface area contributed by atoms with Crippen molar-refractivity contribution in [3.8, 4) is 0 Å². The third-order valence-electron chi connectivity index (χ3n) is 2.14. The van der Waals surface area contributed by atoms with Crippen LogP contribution >= 0.6 is 0 Å². The van der Waals surface area contributed by atoms with E-state index in [0.29, 0.717) is 0 Å². The Bertz CT molecular complexity index is 216. The summed E-state index contributed by atoms with van der Waals surface area (Å²) in [4.78, 5) is 10.5. The van der Waals surface area contributed by atoms with Gasteiger partial charge in [-0.2, -0.15) is 0 Å². The van der Waals surface area contributed by atoms with Gasteiger partial charge in [0.15, 0.2) is 6.10 Å². The summed E-state index contributed by atoms with van der Waals surface area (Å²) in [6.07, 6.45) is -7.67. The van der Waals surface area contributed by atoms with Crippen molar-refractivity contribution in [3.05, 3.63) is 0 Å². The van der Waals surface area contributed by atoms with E-state index in [1.807, 2.05) is 0 Å². The number of rotatable bonds is 2. The van der Waals surface area contributed by atoms with Gasteiger partial charge in [-0.1, -0.05) is 0 Å². The van der Waals surface area contributed by atoms with E-state index >= 15 is 0 Å². The zero-order valence-corrected chi connectivity index (χ0v) is 7.15. The van der Waals surface area contributed by atoms with Gasteiger partial charge in [0, 0.05) is 0 Å². The molecular formula is C7H12O7. The Kier molecular flexibility index (Phi) is 3.40. The number of aliphatic carboxylic acids is 1. The molecular weight excluding hydrogens is 196 g/mol. The van der Waals surface area contributed by atoms with Crippen molar-refractivity contribution in [2.75, 3.05) is 6.61 Å². The minimum Gasteiger partial charge on any atom is -0.479 e. The fraction of sp³-hybridized carbons (Fsp3) is 0.857. The second-order valence-corrected chi connectivity index (χ2v) is 3.09. The first-order valence-electron chi connectivity index (χ1n) is 4.02. The second-order valence-electron chi connectivity index (χ2n) is 3.09. The van der Waals surface area contributed by atoms with Crippen LogP contribution in [0.4, 0.5) is 0 Å². The Labute approximate surface area is 79.2 Å². The van der Waals surface area contributed by atoms with Gasteiger partial charge >= 0.3 is 5.97 Å². The van der Waals surface area contributed by atoms with Crippen LogP contribution in [0.1, 0.15) is 0 Å². The Morgan fingerprint density at radius 3 is 2.14 bits per heavy atom. The first-order valence-corrected chi connectivity index (χ1v) is 4.02. The zero-order valence-electron chi connectivity index (χ0n) is 7.15. The predicted octanol–water partition coefficient (Wildman–Crippen LogP) is -3.09. The van der Waals surface area contributed by atoms with E-state index in [9.17, 15) is 20.1 Å². The van der Waals surface area contributed by atoms with Crippen molar-refractivity contribution in [1.82, 2.24) is 0 Å². The number of carboxylic acid groups (broad SMARTS) is 1. The molecule has 1 fully saturated rings. The number of aliphatic hydroxyl groups is 4. The molecule has 0 radical (unpaired) electrons. The monoisotopic (exact) mass is 208 g/mol. The predicted molar refractivity (Wildman–Crippen MR) is 41.4 cm³/mol. The summed E-state index contributed by atoms with van der Waals surface area (Å²) >= 11 is 0. The van der Waals surface area contributed by atoms with Gasteiger partial charge in [-0.3, -0.25) is 0 Å². The van der Waals surface area contributed by atoms with E-state index in [1.165, 1.54) is 0 Å². The first-order chi connectivity index (χ1) is 6.49. The largest absolute Gasteiger partial charge is 0.479 e. The minimum atomic E-state index is -1.70. The molecule has 0 spiro atoms. The molecule has 7 heteroatoms. The fourth-order valence-corrected chi connectivity index (χ4v) is 1.31. The van der Waals surface area contributed by atoms with Crippen LogP contribution in [0, 0.1) is 0 Å². The van der Waals surface area contributed by atoms with Gasteiger partial charge in [0.1, 0.15) is 24.4 Å². The van der Waals surface area contributed by atoms with Gasteiger partial charge in [-0.15, -0.1) is 0 Å². The fourth-order valence-electron chi connectivity index (χ4n) is 1.31. The van der Waals surface area contributed by atoms with E-state index < -0.39 is 43.1 Å². The average Bonchev–Trinajstić information content (AvgIpc) is 2.14. The van der Waals surface area contributed by atoms with Crippen LogP contribution in [0.25, 0.3) is 0 Å². The molecule has 0 aliphatic carbocycles. The molecule has 0 bridgehead atoms. The van der Waals surface area contributed by atoms with E-state index in [2.05, 4.69) is 4.74 Å². The molecule has 0 aromatic carbocycles. The molecule has 14 heavy (non-hydrogen) atoms. The molecule has 5 N–H and O–H groups in total. The van der Waals surface area contributed by atoms with Gasteiger partial charge in [0.2, 0.25) is 0 Å². The summed E-state index contributed by atoms with van der Waals surface area (Å²) in [6, 6.07) is 0. The number of carboxylic acids is 1. The Balaban J connectivity index is 2.78. The molecule has 7 nitrogen and oxygen atoms in total. The van der Waals surface area contributed by atoms with Crippen LogP contribution in [0.15, 0.2) is 0 Å². The Morgan fingerprint density at radius 1 is 1.14 bits per heavy atom. The van der Waals surface area contributed by atoms with Crippen LogP contribution in [-0.4, -0.2) is 68.6 Å². The molecule has 1 heterocycles. The van der Waals surface area contributed by atoms with Gasteiger partial charge in [0.05, 0.1) is 6.61 Å². The summed E-state index contributed by atoms with van der Waals surface area (Å²) in [5.41, 5.74) is 0. The summed E-state index contributed by atoms with van der Waals surface area (Å²) in [5.74, 6) is -1.46. The molecule has 1 aliphatic rings. The lowest BCUT2D eigenvalue weighted by atomic mass is 9.95. The van der Waals surface area contributed by atoms with Gasteiger partial charge in [-0.05, 0) is 0 Å². The van der Waals surface area contributed by atoms with Crippen LogP contribution in [0.5, 0.6) is 0 Å². The number of hydrogen-bond acceptors (Lipinski definition) is 6. The summed E-state index contributed by atoms with van der Waals surface area (Å²) in [6.45, 7) is -0.630. The lowest BCUT2D eigenvalue weighted by Gasteiger charge is -2.38. The molecule has 82 valence electrons. The van der Waals surface area contributed by atoms with Crippen LogP contribution in [-0.2, 0) is 9.53 Å². The molecule has 5 atom stereocenters. The quantitative estimate of drug-likeness (QED) is 0.325. The van der Waals surface area contributed by atoms with E-state index in [4.69, 9.17) is 10.2 Å². The number of ether oxygens (including phenoxy) is 1. The standard InChI is InChI=1S/C7H12O7/c8-1-2-3(9)4(10)5(11)6(14-2)7(12)13/h2-6,8-11H,1H2,(H,12,13)/t2-,3-,4+,5+,6?/m1/s1. The summed E-state index contributed by atoms with van der Waals surface area (Å²) < 4.78 is 4.68. The molecule has 0 aromatic heterocycles. The highest BCUT2D eigenvalue weighted by molar-refractivity contribution is 5.73. The highest BCUT2D eigenvalue weighted by Crippen LogP contribution is 2.20. The molecule has 1 rings (SSSR count). The lowest BCUT2D eigenvalue weighted by molar-refractivity contribution is -0.233. The SMILES string of the molecule is O=C(O)C1O[C@H](CO)[C@@H](O)[C@H](O)[C@@H]1O. The smallest absolute Gasteiger partial charge is 0.335 e. The maximum Gasteiger partial charge on any atom is 0.335 e. The minimum absolute atomic E-state index is 0.630. The maximum atomic E-state index is 10.5. The van der Waals surface area contributed by atoms with E-state index in [1.54, 1.807) is 0 Å². The number of aliphatic hydroxyl groups excluding tert-OH is 4. The van der Waals surface area contributed by atoms with E-state index in [0.717, 1.165) is 0 Å². The molecule has 0 amide bonds. The number of carbonyl (C=O) groups is 1. The van der Waals surface area contributed by atoms with Crippen LogP contribution in [0.2, 0.25) is 0 Å². The van der Waals surface area contributed by atoms with Gasteiger partial charge in [-0.25, -0.2) is 4.79 Å². The zero-order chi connectivity index (χ0) is 10.9. The molecule has 1 aliphatic heterocycles. The second kappa shape index (κ2) is 4.20. The van der Waals surface area contributed by atoms with Gasteiger partial charge in [0.25, 0.3) is 0 Å². The molecule has 0 saturated carbocycles. The maximum absolute atomic E-state index is 10.5.